The summed E-state index contributed by atoms with van der Waals surface area (Å²) in [5.74, 6) is -6.90. The lowest BCUT2D eigenvalue weighted by Crippen LogP contribution is -2.39. The number of anilines is 5. The minimum absolute atomic E-state index is 0.00786. The highest BCUT2D eigenvalue weighted by Gasteiger charge is 2.54. The van der Waals surface area contributed by atoms with Gasteiger partial charge in [0.05, 0.1) is 18.1 Å². The highest BCUT2D eigenvalue weighted by molar-refractivity contribution is 7.89. The number of benzene rings is 2. The van der Waals surface area contributed by atoms with Crippen molar-refractivity contribution in [1.82, 2.24) is 19.3 Å². The van der Waals surface area contributed by atoms with Crippen LogP contribution in [0.1, 0.15) is 30.4 Å². The fraction of sp³-hybridized carbons (Fsp3) is 0.294. The summed E-state index contributed by atoms with van der Waals surface area (Å²) in [6, 6.07) is 13.0. The van der Waals surface area contributed by atoms with E-state index in [0.717, 1.165) is 28.6 Å². The molecule has 0 atom stereocenters. The quantitative estimate of drug-likeness (QED) is 0.137. The van der Waals surface area contributed by atoms with Crippen LogP contribution in [0.2, 0.25) is 5.02 Å². The van der Waals surface area contributed by atoms with Crippen LogP contribution in [0.25, 0.3) is 0 Å². The number of nitrogens with zero attached hydrogens (tertiary/aromatic N) is 4. The number of pyridine rings is 1. The number of amides is 1. The van der Waals surface area contributed by atoms with Gasteiger partial charge in [0.1, 0.15) is 15.7 Å². The largest absolute Gasteiger partial charge is 0.458 e. The number of nitrogens with one attached hydrogen (secondary N) is 3. The number of carbonyl (C=O) groups is 3. The predicted molar refractivity (Wildman–Crippen MR) is 185 cm³/mol. The molecule has 0 spiro atoms. The lowest BCUT2D eigenvalue weighted by Gasteiger charge is -2.31. The van der Waals surface area contributed by atoms with E-state index in [0.29, 0.717) is 48.2 Å². The van der Waals surface area contributed by atoms with Crippen molar-refractivity contribution in [3.63, 3.8) is 0 Å². The normalized spacial score (nSPS) is 15.1. The number of aromatic nitrogens is 3. The highest BCUT2D eigenvalue weighted by Crippen LogP contribution is 2.31. The van der Waals surface area contributed by atoms with Crippen LogP contribution in [-0.2, 0) is 37.2 Å². The Morgan fingerprint density at radius 2 is 1.55 bits per heavy atom. The molecule has 292 valence electrons. The number of sulfonamides is 1. The minimum atomic E-state index is -5.77. The highest BCUT2D eigenvalue weighted by atomic mass is 35.5. The maximum absolute atomic E-state index is 14.2. The summed E-state index contributed by atoms with van der Waals surface area (Å²) in [4.78, 5) is 45.2. The summed E-state index contributed by atoms with van der Waals surface area (Å²) in [7, 11) is -3.93. The number of aryl methyl sites for hydroxylation is 2. The molecule has 1 saturated heterocycles. The second kappa shape index (κ2) is 16.7. The van der Waals surface area contributed by atoms with Gasteiger partial charge < -0.3 is 16.0 Å². The standard InChI is InChI=1S/C30H29ClFN7O3S.C4F6O2/c31-24-18-34-30-36-23-13-20(16-33-17-23)5-6-21-15-22(35-29(24)38-30)7-8-26(21)37-28(40)14-19-9-11-39(12-10-19)43(41,42)27-4-2-1-3-25(27)32;5-3(6,7)1(11)2(12)4(8,9)10/h1-4,7-8,13,15-19H,5-6,9-12,14H2,(H,37,40)(H2,34,35,36,38);. The van der Waals surface area contributed by atoms with Crippen molar-refractivity contribution in [2.75, 3.05) is 29.0 Å². The molecular formula is C34H29ClF7N7O5S. The molecule has 12 nitrogen and oxygen atoms in total. The van der Waals surface area contributed by atoms with Gasteiger partial charge in [-0.05, 0) is 79.1 Å². The van der Waals surface area contributed by atoms with E-state index in [1.807, 2.05) is 24.3 Å². The van der Waals surface area contributed by atoms with Crippen LogP contribution in [0.3, 0.4) is 0 Å². The topological polar surface area (TPSA) is 163 Å². The number of alkyl halides is 6. The van der Waals surface area contributed by atoms with Crippen molar-refractivity contribution >= 4 is 67.9 Å². The molecule has 4 heterocycles. The van der Waals surface area contributed by atoms with Gasteiger partial charge in [-0.3, -0.25) is 19.4 Å². The van der Waals surface area contributed by atoms with Gasteiger partial charge in [-0.1, -0.05) is 23.7 Å². The van der Waals surface area contributed by atoms with Crippen molar-refractivity contribution in [2.45, 2.75) is 49.4 Å². The zero-order valence-corrected chi connectivity index (χ0v) is 29.7. The van der Waals surface area contributed by atoms with Gasteiger partial charge in [0.2, 0.25) is 21.9 Å². The van der Waals surface area contributed by atoms with Crippen molar-refractivity contribution < 1.29 is 53.5 Å². The van der Waals surface area contributed by atoms with Gasteiger partial charge in [-0.25, -0.2) is 17.8 Å². The van der Waals surface area contributed by atoms with E-state index in [4.69, 9.17) is 11.6 Å². The number of rotatable bonds is 6. The van der Waals surface area contributed by atoms with Crippen molar-refractivity contribution in [3.05, 3.63) is 89.1 Å². The van der Waals surface area contributed by atoms with Crippen LogP contribution < -0.4 is 16.0 Å². The molecule has 1 amide bonds. The fourth-order valence-electron chi connectivity index (χ4n) is 5.62. The summed E-state index contributed by atoms with van der Waals surface area (Å²) < 4.78 is 108. The summed E-state index contributed by atoms with van der Waals surface area (Å²) in [6.07, 6.45) is -3.93. The molecule has 6 rings (SSSR count). The van der Waals surface area contributed by atoms with E-state index < -0.39 is 39.8 Å². The lowest BCUT2D eigenvalue weighted by molar-refractivity contribution is -0.193. The van der Waals surface area contributed by atoms with E-state index >= 15 is 0 Å². The first-order valence-electron chi connectivity index (χ1n) is 16.2. The number of Topliss-reactive ketones (excluding diaryl/α,β-unsaturated/α-hetero) is 2. The fourth-order valence-corrected chi connectivity index (χ4v) is 7.29. The Hall–Kier alpha value is -5.21. The number of ketones is 2. The van der Waals surface area contributed by atoms with Crippen LogP contribution in [0.4, 0.5) is 59.6 Å². The second-order valence-corrected chi connectivity index (χ2v) is 14.6. The maximum Gasteiger partial charge on any atom is 0.458 e. The van der Waals surface area contributed by atoms with Gasteiger partial charge in [0, 0.05) is 37.1 Å². The Morgan fingerprint density at radius 3 is 2.20 bits per heavy atom. The molecule has 0 saturated carbocycles. The number of hydrogen-bond acceptors (Lipinski definition) is 10. The molecule has 4 aromatic rings. The Kier molecular flexibility index (Phi) is 12.4. The second-order valence-electron chi connectivity index (χ2n) is 12.3. The Morgan fingerprint density at radius 1 is 0.873 bits per heavy atom. The monoisotopic (exact) mass is 815 g/mol. The predicted octanol–water partition coefficient (Wildman–Crippen LogP) is 6.93. The Bertz CT molecular complexity index is 2180. The van der Waals surface area contributed by atoms with Crippen LogP contribution in [0, 0.1) is 11.7 Å². The third-order valence-corrected chi connectivity index (χ3v) is 10.6. The molecule has 21 heteroatoms. The van der Waals surface area contributed by atoms with Gasteiger partial charge in [-0.2, -0.15) is 35.6 Å². The molecule has 0 aliphatic carbocycles. The van der Waals surface area contributed by atoms with E-state index in [1.165, 1.54) is 28.7 Å². The van der Waals surface area contributed by atoms with E-state index in [1.54, 1.807) is 12.4 Å². The minimum Gasteiger partial charge on any atom is -0.339 e. The lowest BCUT2D eigenvalue weighted by atomic mass is 9.94. The average molecular weight is 816 g/mol. The number of halogens is 8. The molecule has 2 aliphatic rings. The van der Waals surface area contributed by atoms with Crippen molar-refractivity contribution in [2.24, 2.45) is 5.92 Å². The van der Waals surface area contributed by atoms with Crippen molar-refractivity contribution in [1.29, 1.82) is 0 Å². The average Bonchev–Trinajstić information content (AvgIpc) is 3.12. The summed E-state index contributed by atoms with van der Waals surface area (Å²) >= 11 is 6.36. The van der Waals surface area contributed by atoms with Crippen LogP contribution in [0.5, 0.6) is 0 Å². The smallest absolute Gasteiger partial charge is 0.339 e. The van der Waals surface area contributed by atoms with Crippen LogP contribution >= 0.6 is 11.6 Å². The molecule has 3 N–H and O–H groups in total. The first-order chi connectivity index (χ1) is 25.8. The molecular weight excluding hydrogens is 787 g/mol. The SMILES string of the molecule is O=C(C(=O)C(F)(F)F)C(F)(F)F.O=C(CC1CCN(S(=O)(=O)c2ccccc2F)CC1)Nc1ccc2cc1CCc1cncc(c1)Nc1ncc(Cl)c(n1)N2. The van der Waals surface area contributed by atoms with Crippen LogP contribution in [0.15, 0.2) is 72.0 Å². The van der Waals surface area contributed by atoms with Gasteiger partial charge in [-0.15, -0.1) is 0 Å². The molecule has 0 radical (unpaired) electrons. The third kappa shape index (κ3) is 10.5. The number of carbonyl (C=O) groups excluding carboxylic acids is 3. The van der Waals surface area contributed by atoms with Crippen LogP contribution in [-0.4, -0.2) is 70.6 Å². The first-order valence-corrected chi connectivity index (χ1v) is 18.0. The number of fused-ring (bicyclic) bond motifs is 6. The van der Waals surface area contributed by atoms with E-state index in [2.05, 4.69) is 30.9 Å². The van der Waals surface area contributed by atoms with Gasteiger partial charge >= 0.3 is 23.9 Å². The zero-order chi connectivity index (χ0) is 40.1. The molecule has 55 heavy (non-hydrogen) atoms. The summed E-state index contributed by atoms with van der Waals surface area (Å²) in [5.41, 5.74) is 4.13. The molecule has 2 aromatic carbocycles. The number of piperidine rings is 1. The van der Waals surface area contributed by atoms with Gasteiger partial charge in [0.15, 0.2) is 5.82 Å². The maximum atomic E-state index is 14.2. The molecule has 0 unspecified atom stereocenters. The molecule has 6 bridgehead atoms. The van der Waals surface area contributed by atoms with E-state index in [9.17, 15) is 53.5 Å². The number of hydrogen-bond donors (Lipinski definition) is 3. The third-order valence-electron chi connectivity index (χ3n) is 8.34. The van der Waals surface area contributed by atoms with Gasteiger partial charge in [0.25, 0.3) is 0 Å². The molecule has 2 aliphatic heterocycles. The molecule has 2 aromatic heterocycles. The summed E-state index contributed by atoms with van der Waals surface area (Å²) in [5, 5.41) is 9.83. The Balaban J connectivity index is 0.000000418. The molecule has 1 fully saturated rings. The first kappa shape index (κ1) is 41.0. The Labute approximate surface area is 313 Å². The van der Waals surface area contributed by atoms with Crippen molar-refractivity contribution in [3.8, 4) is 0 Å². The van der Waals surface area contributed by atoms with E-state index in [-0.39, 0.29) is 36.2 Å². The summed E-state index contributed by atoms with van der Waals surface area (Å²) in [6.45, 7) is 0.463. The zero-order valence-electron chi connectivity index (χ0n) is 28.1.